The van der Waals surface area contributed by atoms with Crippen LogP contribution in [0.3, 0.4) is 0 Å². The Morgan fingerprint density at radius 2 is 2.11 bits per heavy atom. The minimum Gasteiger partial charge on any atom is -0.368 e. The predicted molar refractivity (Wildman–Crippen MR) is 73.1 cm³/mol. The van der Waals surface area contributed by atoms with Gasteiger partial charge < -0.3 is 15.7 Å². The van der Waals surface area contributed by atoms with Gasteiger partial charge in [-0.1, -0.05) is 0 Å². The van der Waals surface area contributed by atoms with Crippen LogP contribution >= 0.6 is 12.2 Å². The lowest BCUT2D eigenvalue weighted by atomic mass is 10.4. The van der Waals surface area contributed by atoms with Gasteiger partial charge in [0.25, 0.3) is 5.56 Å². The Kier molecular flexibility index (Phi) is 3.66. The van der Waals surface area contributed by atoms with Crippen LogP contribution in [-0.4, -0.2) is 29.9 Å². The summed E-state index contributed by atoms with van der Waals surface area (Å²) in [4.78, 5) is 30.2. The van der Waals surface area contributed by atoms with Gasteiger partial charge in [0.15, 0.2) is 10.4 Å². The van der Waals surface area contributed by atoms with Gasteiger partial charge in [0.05, 0.1) is 12.5 Å². The number of aryl methyl sites for hydroxylation is 1. The predicted octanol–water partition coefficient (Wildman–Crippen LogP) is 0.676. The average Bonchev–Trinajstić information content (AvgIpc) is 2.82. The van der Waals surface area contributed by atoms with Crippen LogP contribution in [0, 0.1) is 11.7 Å². The van der Waals surface area contributed by atoms with Crippen LogP contribution in [-0.2, 0) is 0 Å². The zero-order valence-corrected chi connectivity index (χ0v) is 10.8. The molecule has 3 aromatic rings. The third-order valence-corrected chi connectivity index (χ3v) is 2.42. The quantitative estimate of drug-likeness (QED) is 0.447. The van der Waals surface area contributed by atoms with Crippen molar-refractivity contribution in [2.45, 2.75) is 6.92 Å². The molecule has 0 spiro atoms. The van der Waals surface area contributed by atoms with Gasteiger partial charge in [-0.3, -0.25) is 9.78 Å². The SMILES string of the molecule is Cc1c[nH]c(=S)[nH]c1=O.Nc1ncc2[nH]cnc2n1. The van der Waals surface area contributed by atoms with E-state index in [0.29, 0.717) is 16.0 Å². The van der Waals surface area contributed by atoms with Crippen LogP contribution in [0.25, 0.3) is 11.2 Å². The van der Waals surface area contributed by atoms with E-state index in [1.165, 1.54) is 0 Å². The Morgan fingerprint density at radius 1 is 1.32 bits per heavy atom. The molecule has 8 nitrogen and oxygen atoms in total. The van der Waals surface area contributed by atoms with Gasteiger partial charge in [0.2, 0.25) is 5.95 Å². The summed E-state index contributed by atoms with van der Waals surface area (Å²) in [6, 6.07) is 0. The van der Waals surface area contributed by atoms with E-state index in [-0.39, 0.29) is 11.5 Å². The molecule has 5 N–H and O–H groups in total. The Morgan fingerprint density at radius 3 is 2.79 bits per heavy atom. The molecule has 3 heterocycles. The molecule has 0 aliphatic heterocycles. The highest BCUT2D eigenvalue weighted by molar-refractivity contribution is 7.71. The zero-order chi connectivity index (χ0) is 13.8. The second-order valence-corrected chi connectivity index (χ2v) is 4.03. The standard InChI is InChI=1S/C5H5N5.C5H6N2OS/c6-5-7-1-3-4(10-5)9-2-8-3;1-3-2-6-5(9)7-4(3)8/h1-2H,(H3,6,7,8,9,10);2H,1H3,(H2,6,7,8,9). The number of fused-ring (bicyclic) bond motifs is 1. The van der Waals surface area contributed by atoms with Crippen molar-refractivity contribution >= 4 is 29.3 Å². The van der Waals surface area contributed by atoms with E-state index < -0.39 is 0 Å². The first kappa shape index (κ1) is 12.9. The summed E-state index contributed by atoms with van der Waals surface area (Å²) in [5.74, 6) is 0.250. The first-order valence-electron chi connectivity index (χ1n) is 5.26. The second kappa shape index (κ2) is 5.40. The number of anilines is 1. The highest BCUT2D eigenvalue weighted by atomic mass is 32.1. The fourth-order valence-electron chi connectivity index (χ4n) is 1.23. The summed E-state index contributed by atoms with van der Waals surface area (Å²) >= 11 is 4.65. The van der Waals surface area contributed by atoms with Crippen LogP contribution in [0.1, 0.15) is 5.56 Å². The fraction of sp³-hybridized carbons (Fsp3) is 0.100. The number of imidazole rings is 1. The van der Waals surface area contributed by atoms with E-state index in [9.17, 15) is 4.79 Å². The number of hydrogen-bond acceptors (Lipinski definition) is 6. The van der Waals surface area contributed by atoms with Crippen molar-refractivity contribution in [3.63, 3.8) is 0 Å². The summed E-state index contributed by atoms with van der Waals surface area (Å²) in [6.07, 6.45) is 4.74. The number of nitrogens with two attached hydrogens (primary N) is 1. The second-order valence-electron chi connectivity index (χ2n) is 3.62. The van der Waals surface area contributed by atoms with Crippen molar-refractivity contribution in [3.05, 3.63) is 39.4 Å². The van der Waals surface area contributed by atoms with Gasteiger partial charge in [-0.2, -0.15) is 4.98 Å². The van der Waals surface area contributed by atoms with Crippen molar-refractivity contribution in [1.29, 1.82) is 0 Å². The molecule has 0 unspecified atom stereocenters. The van der Waals surface area contributed by atoms with Crippen LogP contribution in [0.15, 0.2) is 23.5 Å². The summed E-state index contributed by atoms with van der Waals surface area (Å²) in [5.41, 5.74) is 7.23. The van der Waals surface area contributed by atoms with Gasteiger partial charge >= 0.3 is 0 Å². The smallest absolute Gasteiger partial charge is 0.254 e. The lowest BCUT2D eigenvalue weighted by molar-refractivity contribution is 1.05. The normalized spacial score (nSPS) is 9.95. The number of rotatable bonds is 0. The van der Waals surface area contributed by atoms with Gasteiger partial charge in [0, 0.05) is 11.8 Å². The van der Waals surface area contributed by atoms with Crippen molar-refractivity contribution < 1.29 is 0 Å². The highest BCUT2D eigenvalue weighted by Crippen LogP contribution is 2.03. The van der Waals surface area contributed by atoms with Crippen LogP contribution in [0.5, 0.6) is 0 Å². The molecule has 3 rings (SSSR count). The van der Waals surface area contributed by atoms with E-state index in [2.05, 4.69) is 42.1 Å². The first-order chi connectivity index (χ1) is 9.06. The van der Waals surface area contributed by atoms with Crippen molar-refractivity contribution in [2.75, 3.05) is 5.73 Å². The number of nitrogen functional groups attached to an aromatic ring is 1. The number of aromatic nitrogens is 6. The van der Waals surface area contributed by atoms with Gasteiger partial charge in [-0.25, -0.2) is 9.97 Å². The molecular formula is C10H11N7OS. The summed E-state index contributed by atoms with van der Waals surface area (Å²) in [5, 5.41) is 0. The molecule has 0 aromatic carbocycles. The molecule has 0 aliphatic rings. The molecule has 0 saturated heterocycles. The van der Waals surface area contributed by atoms with Gasteiger partial charge in [-0.15, -0.1) is 0 Å². The van der Waals surface area contributed by atoms with E-state index in [4.69, 9.17) is 5.73 Å². The number of nitrogens with one attached hydrogen (secondary N) is 3. The summed E-state index contributed by atoms with van der Waals surface area (Å²) in [6.45, 7) is 1.71. The Bertz CT molecular complexity index is 803. The topological polar surface area (TPSA) is 129 Å². The minimum absolute atomic E-state index is 0.126. The fourth-order valence-corrected chi connectivity index (χ4v) is 1.38. The van der Waals surface area contributed by atoms with Gasteiger partial charge in [0.1, 0.15) is 5.52 Å². The Balaban J connectivity index is 0.000000141. The van der Waals surface area contributed by atoms with Crippen LogP contribution in [0.4, 0.5) is 5.95 Å². The summed E-state index contributed by atoms with van der Waals surface area (Å²) < 4.78 is 0.366. The van der Waals surface area contributed by atoms with Gasteiger partial charge in [-0.05, 0) is 19.1 Å². The molecule has 0 amide bonds. The molecule has 0 aliphatic carbocycles. The largest absolute Gasteiger partial charge is 0.368 e. The molecule has 0 radical (unpaired) electrons. The molecule has 3 aromatic heterocycles. The van der Waals surface area contributed by atoms with Crippen molar-refractivity contribution in [3.8, 4) is 0 Å². The Hall–Kier alpha value is -2.55. The average molecular weight is 277 g/mol. The lowest BCUT2D eigenvalue weighted by Crippen LogP contribution is -2.09. The highest BCUT2D eigenvalue weighted by Gasteiger charge is 1.96. The maximum atomic E-state index is 10.7. The molecular weight excluding hydrogens is 266 g/mol. The van der Waals surface area contributed by atoms with E-state index in [1.807, 2.05) is 0 Å². The molecule has 0 bridgehead atoms. The van der Waals surface area contributed by atoms with E-state index in [1.54, 1.807) is 25.6 Å². The molecule has 0 fully saturated rings. The lowest BCUT2D eigenvalue weighted by Gasteiger charge is -1.87. The van der Waals surface area contributed by atoms with Crippen LogP contribution < -0.4 is 11.3 Å². The maximum absolute atomic E-state index is 10.7. The van der Waals surface area contributed by atoms with E-state index in [0.717, 1.165) is 5.52 Å². The number of H-pyrrole nitrogens is 3. The van der Waals surface area contributed by atoms with Crippen LogP contribution in [0.2, 0.25) is 0 Å². The third-order valence-electron chi connectivity index (χ3n) is 2.20. The maximum Gasteiger partial charge on any atom is 0.254 e. The molecule has 98 valence electrons. The molecule has 9 heteroatoms. The molecule has 0 saturated carbocycles. The minimum atomic E-state index is -0.126. The number of hydrogen-bond donors (Lipinski definition) is 4. The van der Waals surface area contributed by atoms with E-state index >= 15 is 0 Å². The molecule has 19 heavy (non-hydrogen) atoms. The monoisotopic (exact) mass is 277 g/mol. The Labute approximate surface area is 112 Å². The van der Waals surface area contributed by atoms with Crippen molar-refractivity contribution in [1.82, 2.24) is 29.9 Å². The summed E-state index contributed by atoms with van der Waals surface area (Å²) in [7, 11) is 0. The first-order valence-corrected chi connectivity index (χ1v) is 5.67. The number of nitrogens with zero attached hydrogens (tertiary/aromatic N) is 3. The zero-order valence-electron chi connectivity index (χ0n) is 9.97. The third kappa shape index (κ3) is 3.22. The van der Waals surface area contributed by atoms with Crippen molar-refractivity contribution in [2.24, 2.45) is 0 Å². The molecule has 0 atom stereocenters. The number of aromatic amines is 3.